The normalized spacial score (nSPS) is 41.1. The summed E-state index contributed by atoms with van der Waals surface area (Å²) in [5.41, 5.74) is -0.0972. The monoisotopic (exact) mass is 142 g/mol. The third kappa shape index (κ3) is 1.20. The molecule has 0 aliphatic heterocycles. The molecule has 1 nitrogen and oxygen atoms in total. The van der Waals surface area contributed by atoms with E-state index in [2.05, 4.69) is 20.8 Å². The van der Waals surface area contributed by atoms with Crippen molar-refractivity contribution in [3.8, 4) is 0 Å². The second-order valence-corrected chi connectivity index (χ2v) is 4.81. The van der Waals surface area contributed by atoms with Crippen LogP contribution < -0.4 is 0 Å². The van der Waals surface area contributed by atoms with Crippen LogP contribution in [0.3, 0.4) is 0 Å². The molecule has 0 aromatic rings. The van der Waals surface area contributed by atoms with Crippen LogP contribution in [0.1, 0.15) is 40.5 Å². The second kappa shape index (κ2) is 1.97. The number of hydrogen-bond donors (Lipinski definition) is 1. The summed E-state index contributed by atoms with van der Waals surface area (Å²) in [5.74, 6) is 0.500. The summed E-state index contributed by atoms with van der Waals surface area (Å²) in [5, 5.41) is 9.71. The molecule has 0 aromatic carbocycles. The average molecular weight is 142 g/mol. The fourth-order valence-corrected chi connectivity index (χ4v) is 2.07. The molecule has 0 unspecified atom stereocenters. The molecule has 1 heteroatoms. The highest BCUT2D eigenvalue weighted by Gasteiger charge is 2.46. The lowest BCUT2D eigenvalue weighted by atomic mass is 9.59. The molecule has 0 spiro atoms. The molecule has 0 saturated heterocycles. The molecular formula is C9H18O. The van der Waals surface area contributed by atoms with Crippen LogP contribution in [0.5, 0.6) is 0 Å². The summed E-state index contributed by atoms with van der Waals surface area (Å²) in [6.07, 6.45) is 2.17. The van der Waals surface area contributed by atoms with Gasteiger partial charge in [0.15, 0.2) is 0 Å². The lowest BCUT2D eigenvalue weighted by Gasteiger charge is -2.50. The van der Waals surface area contributed by atoms with E-state index in [-0.39, 0.29) is 11.0 Å². The Morgan fingerprint density at radius 3 is 1.90 bits per heavy atom. The molecule has 1 saturated carbocycles. The number of hydrogen-bond acceptors (Lipinski definition) is 1. The lowest BCUT2D eigenvalue weighted by molar-refractivity contribution is -0.122. The first-order valence-corrected chi connectivity index (χ1v) is 4.06. The van der Waals surface area contributed by atoms with Gasteiger partial charge >= 0.3 is 0 Å². The van der Waals surface area contributed by atoms with Gasteiger partial charge in [-0.1, -0.05) is 20.8 Å². The Bertz CT molecular complexity index is 120. The van der Waals surface area contributed by atoms with Crippen molar-refractivity contribution in [2.75, 3.05) is 0 Å². The highest BCUT2D eigenvalue weighted by atomic mass is 16.3. The molecule has 10 heavy (non-hydrogen) atoms. The van der Waals surface area contributed by atoms with E-state index in [1.54, 1.807) is 0 Å². The summed E-state index contributed by atoms with van der Waals surface area (Å²) in [6.45, 7) is 8.55. The molecule has 1 aliphatic carbocycles. The van der Waals surface area contributed by atoms with Gasteiger partial charge in [0, 0.05) is 0 Å². The fourth-order valence-electron chi connectivity index (χ4n) is 2.07. The maximum Gasteiger partial charge on any atom is 0.0652 e. The van der Waals surface area contributed by atoms with Crippen LogP contribution in [0.2, 0.25) is 0 Å². The minimum atomic E-state index is -0.377. The van der Waals surface area contributed by atoms with Gasteiger partial charge in [-0.15, -0.1) is 0 Å². The summed E-state index contributed by atoms with van der Waals surface area (Å²) >= 11 is 0. The van der Waals surface area contributed by atoms with Crippen molar-refractivity contribution >= 4 is 0 Å². The number of aliphatic hydroxyl groups is 1. The molecule has 0 aromatic heterocycles. The molecule has 0 bridgehead atoms. The van der Waals surface area contributed by atoms with E-state index >= 15 is 0 Å². The van der Waals surface area contributed by atoms with E-state index in [0.29, 0.717) is 5.92 Å². The van der Waals surface area contributed by atoms with Gasteiger partial charge in [0.25, 0.3) is 0 Å². The molecule has 0 radical (unpaired) electrons. The molecule has 1 fully saturated rings. The Kier molecular flexibility index (Phi) is 1.59. The SMILES string of the molecule is CC(C)(C)[C@@H]1CC[C@]1(C)O. The Morgan fingerprint density at radius 2 is 1.90 bits per heavy atom. The van der Waals surface area contributed by atoms with E-state index in [4.69, 9.17) is 0 Å². The lowest BCUT2D eigenvalue weighted by Crippen LogP contribution is -2.50. The minimum absolute atomic E-state index is 0.280. The van der Waals surface area contributed by atoms with Crippen LogP contribution in [-0.2, 0) is 0 Å². The molecule has 2 atom stereocenters. The predicted octanol–water partition coefficient (Wildman–Crippen LogP) is 2.19. The Morgan fingerprint density at radius 1 is 1.40 bits per heavy atom. The van der Waals surface area contributed by atoms with Crippen LogP contribution in [-0.4, -0.2) is 10.7 Å². The van der Waals surface area contributed by atoms with Gasteiger partial charge in [0.1, 0.15) is 0 Å². The fraction of sp³-hybridized carbons (Fsp3) is 1.00. The molecule has 1 rings (SSSR count). The van der Waals surface area contributed by atoms with Crippen LogP contribution in [0.25, 0.3) is 0 Å². The van der Waals surface area contributed by atoms with E-state index in [1.807, 2.05) is 6.92 Å². The quantitative estimate of drug-likeness (QED) is 0.549. The van der Waals surface area contributed by atoms with Crippen LogP contribution in [0.4, 0.5) is 0 Å². The van der Waals surface area contributed by atoms with Crippen molar-refractivity contribution in [1.29, 1.82) is 0 Å². The molecular weight excluding hydrogens is 124 g/mol. The van der Waals surface area contributed by atoms with Crippen molar-refractivity contribution < 1.29 is 5.11 Å². The van der Waals surface area contributed by atoms with Gasteiger partial charge in [0.05, 0.1) is 5.60 Å². The van der Waals surface area contributed by atoms with Gasteiger partial charge in [0.2, 0.25) is 0 Å². The molecule has 0 amide bonds. The molecule has 0 heterocycles. The zero-order valence-corrected chi connectivity index (χ0v) is 7.44. The third-order valence-electron chi connectivity index (χ3n) is 2.74. The molecule has 1 aliphatic rings. The molecule has 1 N–H and O–H groups in total. The zero-order valence-electron chi connectivity index (χ0n) is 7.44. The Hall–Kier alpha value is -0.0400. The van der Waals surface area contributed by atoms with Crippen molar-refractivity contribution in [3.05, 3.63) is 0 Å². The van der Waals surface area contributed by atoms with E-state index in [9.17, 15) is 5.11 Å². The third-order valence-corrected chi connectivity index (χ3v) is 2.74. The summed E-state index contributed by atoms with van der Waals surface area (Å²) < 4.78 is 0. The van der Waals surface area contributed by atoms with Gasteiger partial charge in [-0.25, -0.2) is 0 Å². The minimum Gasteiger partial charge on any atom is -0.390 e. The highest BCUT2D eigenvalue weighted by molar-refractivity contribution is 4.97. The second-order valence-electron chi connectivity index (χ2n) is 4.81. The first kappa shape index (κ1) is 8.06. The maximum atomic E-state index is 9.71. The van der Waals surface area contributed by atoms with Gasteiger partial charge < -0.3 is 5.11 Å². The van der Waals surface area contributed by atoms with Crippen molar-refractivity contribution in [3.63, 3.8) is 0 Å². The van der Waals surface area contributed by atoms with Crippen LogP contribution in [0, 0.1) is 11.3 Å². The highest BCUT2D eigenvalue weighted by Crippen LogP contribution is 2.48. The first-order chi connectivity index (χ1) is 4.34. The van der Waals surface area contributed by atoms with Crippen molar-refractivity contribution in [2.24, 2.45) is 11.3 Å². The van der Waals surface area contributed by atoms with Crippen molar-refractivity contribution in [2.45, 2.75) is 46.1 Å². The van der Waals surface area contributed by atoms with Crippen molar-refractivity contribution in [1.82, 2.24) is 0 Å². The van der Waals surface area contributed by atoms with Crippen LogP contribution in [0.15, 0.2) is 0 Å². The van der Waals surface area contributed by atoms with Crippen LogP contribution >= 0.6 is 0 Å². The topological polar surface area (TPSA) is 20.2 Å². The standard InChI is InChI=1S/C9H18O/c1-8(2,3)7-5-6-9(7,4)10/h7,10H,5-6H2,1-4H3/t7-,9-/m0/s1. The predicted molar refractivity (Wildman–Crippen MR) is 42.8 cm³/mol. The van der Waals surface area contributed by atoms with Gasteiger partial charge in [-0.3, -0.25) is 0 Å². The van der Waals surface area contributed by atoms with Gasteiger partial charge in [-0.05, 0) is 31.1 Å². The summed E-state index contributed by atoms with van der Waals surface area (Å²) in [4.78, 5) is 0. The molecule has 60 valence electrons. The van der Waals surface area contributed by atoms with Gasteiger partial charge in [-0.2, -0.15) is 0 Å². The van der Waals surface area contributed by atoms with E-state index < -0.39 is 0 Å². The smallest absolute Gasteiger partial charge is 0.0652 e. The number of rotatable bonds is 0. The Balaban J connectivity index is 2.60. The van der Waals surface area contributed by atoms with E-state index in [0.717, 1.165) is 6.42 Å². The Labute approximate surface area is 63.4 Å². The summed E-state index contributed by atoms with van der Waals surface area (Å²) in [6, 6.07) is 0. The maximum absolute atomic E-state index is 9.71. The zero-order chi connectivity index (χ0) is 7.99. The average Bonchev–Trinajstić information content (AvgIpc) is 1.58. The van der Waals surface area contributed by atoms with E-state index in [1.165, 1.54) is 6.42 Å². The first-order valence-electron chi connectivity index (χ1n) is 4.06. The summed E-state index contributed by atoms with van der Waals surface area (Å²) in [7, 11) is 0. The largest absolute Gasteiger partial charge is 0.390 e.